The van der Waals surface area contributed by atoms with Crippen LogP contribution < -0.4 is 20.1 Å². The van der Waals surface area contributed by atoms with Crippen LogP contribution in [0.15, 0.2) is 42.5 Å². The normalized spacial score (nSPS) is 18.0. The van der Waals surface area contributed by atoms with Gasteiger partial charge in [-0.25, -0.2) is 0 Å². The summed E-state index contributed by atoms with van der Waals surface area (Å²) in [7, 11) is 1.62. The number of benzene rings is 2. The number of likely N-dealkylation sites (tertiary alicyclic amines) is 1. The highest BCUT2D eigenvalue weighted by Crippen LogP contribution is 2.28. The number of ketones is 1. The van der Waals surface area contributed by atoms with Crippen LogP contribution in [0.4, 0.5) is 0 Å². The number of hydrogen-bond donors (Lipinski definition) is 2. The molecule has 9 nitrogen and oxygen atoms in total. The number of Topliss-reactive ketones (excluding diaryl/α,β-unsaturated/α-hetero) is 1. The van der Waals surface area contributed by atoms with Gasteiger partial charge in [0, 0.05) is 54.6 Å². The molecule has 0 aromatic heterocycles. The van der Waals surface area contributed by atoms with Crippen LogP contribution in [0.5, 0.6) is 11.5 Å². The molecule has 0 saturated carbocycles. The maximum atomic E-state index is 13.2. The quantitative estimate of drug-likeness (QED) is 0.383. The van der Waals surface area contributed by atoms with Gasteiger partial charge in [0.25, 0.3) is 5.91 Å². The van der Waals surface area contributed by atoms with Gasteiger partial charge >= 0.3 is 0 Å². The van der Waals surface area contributed by atoms with Gasteiger partial charge in [-0.3, -0.25) is 14.4 Å². The summed E-state index contributed by atoms with van der Waals surface area (Å²) in [5, 5.41) is 6.24. The fraction of sp³-hybridized carbons (Fsp3) is 0.531. The Kier molecular flexibility index (Phi) is 10.8. The van der Waals surface area contributed by atoms with E-state index < -0.39 is 6.04 Å². The number of piperidine rings is 1. The van der Waals surface area contributed by atoms with Crippen molar-refractivity contribution < 1.29 is 28.6 Å². The van der Waals surface area contributed by atoms with Gasteiger partial charge in [-0.2, -0.15) is 0 Å². The van der Waals surface area contributed by atoms with Gasteiger partial charge in [-0.05, 0) is 43.5 Å². The molecule has 2 atom stereocenters. The minimum absolute atomic E-state index is 0.0130. The van der Waals surface area contributed by atoms with Gasteiger partial charge in [-0.1, -0.05) is 32.0 Å². The lowest BCUT2D eigenvalue weighted by molar-refractivity contribution is -0.132. The number of carbonyl (C=O) groups excluding carboxylic acids is 3. The predicted molar refractivity (Wildman–Crippen MR) is 156 cm³/mol. The fourth-order valence-corrected chi connectivity index (χ4v) is 5.37. The van der Waals surface area contributed by atoms with Crippen LogP contribution >= 0.6 is 0 Å². The van der Waals surface area contributed by atoms with Crippen molar-refractivity contribution in [2.75, 3.05) is 46.6 Å². The van der Waals surface area contributed by atoms with E-state index in [0.717, 1.165) is 35.5 Å². The minimum atomic E-state index is -0.544. The van der Waals surface area contributed by atoms with E-state index in [9.17, 15) is 14.4 Å². The molecule has 0 radical (unpaired) electrons. The van der Waals surface area contributed by atoms with E-state index in [2.05, 4.69) is 10.6 Å². The summed E-state index contributed by atoms with van der Waals surface area (Å²) in [4.78, 5) is 40.9. The summed E-state index contributed by atoms with van der Waals surface area (Å²) >= 11 is 0. The van der Waals surface area contributed by atoms with E-state index in [4.69, 9.17) is 14.2 Å². The maximum absolute atomic E-state index is 13.2. The summed E-state index contributed by atoms with van der Waals surface area (Å²) < 4.78 is 16.3. The molecule has 0 spiro atoms. The van der Waals surface area contributed by atoms with Gasteiger partial charge in [0.1, 0.15) is 11.5 Å². The van der Waals surface area contributed by atoms with Gasteiger partial charge < -0.3 is 29.7 Å². The van der Waals surface area contributed by atoms with Crippen LogP contribution in [0.2, 0.25) is 0 Å². The minimum Gasteiger partial charge on any atom is -0.497 e. The monoisotopic (exact) mass is 565 g/mol. The summed E-state index contributed by atoms with van der Waals surface area (Å²) in [5.74, 6) is 1.28. The third-order valence-corrected chi connectivity index (χ3v) is 7.86. The Morgan fingerprint density at radius 3 is 2.61 bits per heavy atom. The number of methoxy groups -OCH3 is 1. The van der Waals surface area contributed by atoms with Crippen molar-refractivity contribution >= 4 is 17.6 Å². The number of nitrogens with one attached hydrogen (secondary N) is 2. The van der Waals surface area contributed by atoms with Crippen LogP contribution in [0.25, 0.3) is 0 Å². The number of nitrogens with zero attached hydrogens (tertiary/aromatic N) is 1. The topological polar surface area (TPSA) is 106 Å². The summed E-state index contributed by atoms with van der Waals surface area (Å²) in [5.41, 5.74) is 2.52. The smallest absolute Gasteiger partial charge is 0.251 e. The molecule has 1 unspecified atom stereocenters. The second kappa shape index (κ2) is 14.5. The Bertz CT molecular complexity index is 1210. The number of rotatable bonds is 13. The molecule has 9 heteroatoms. The molecule has 4 rings (SSSR count). The van der Waals surface area contributed by atoms with Crippen LogP contribution in [-0.2, 0) is 20.9 Å². The number of ether oxygens (including phenoxy) is 3. The molecule has 2 aliphatic heterocycles. The summed E-state index contributed by atoms with van der Waals surface area (Å²) in [6, 6.07) is 12.7. The molecule has 2 heterocycles. The van der Waals surface area contributed by atoms with E-state index in [1.54, 1.807) is 13.2 Å². The first-order valence-corrected chi connectivity index (χ1v) is 14.6. The van der Waals surface area contributed by atoms with E-state index in [1.807, 2.05) is 62.1 Å². The zero-order valence-electron chi connectivity index (χ0n) is 24.6. The number of carbonyl (C=O) groups is 3. The highest BCUT2D eigenvalue weighted by Gasteiger charge is 2.36. The van der Waals surface area contributed by atoms with Gasteiger partial charge in [0.2, 0.25) is 5.91 Å². The maximum Gasteiger partial charge on any atom is 0.251 e. The Morgan fingerprint density at radius 1 is 1.12 bits per heavy atom. The van der Waals surface area contributed by atoms with E-state index in [-0.39, 0.29) is 41.9 Å². The average molecular weight is 566 g/mol. The lowest BCUT2D eigenvalue weighted by Crippen LogP contribution is -2.53. The molecule has 0 bridgehead atoms. The van der Waals surface area contributed by atoms with Gasteiger partial charge in [0.15, 0.2) is 5.78 Å². The van der Waals surface area contributed by atoms with Crippen molar-refractivity contribution in [1.82, 2.24) is 15.5 Å². The molecular formula is C32H43N3O6. The molecule has 41 heavy (non-hydrogen) atoms. The third kappa shape index (κ3) is 7.86. The summed E-state index contributed by atoms with van der Waals surface area (Å²) in [6.45, 7) is 9.20. The Balaban J connectivity index is 1.34. The highest BCUT2D eigenvalue weighted by molar-refractivity contribution is 5.98. The van der Waals surface area contributed by atoms with Crippen molar-refractivity contribution in [2.45, 2.75) is 52.1 Å². The predicted octanol–water partition coefficient (Wildman–Crippen LogP) is 3.56. The van der Waals surface area contributed by atoms with E-state index in [1.165, 1.54) is 0 Å². The largest absolute Gasteiger partial charge is 0.497 e. The zero-order chi connectivity index (χ0) is 29.4. The molecule has 2 fully saturated rings. The third-order valence-electron chi connectivity index (χ3n) is 7.86. The first kappa shape index (κ1) is 30.5. The molecule has 2 aromatic rings. The van der Waals surface area contributed by atoms with Crippen LogP contribution in [0.1, 0.15) is 61.0 Å². The van der Waals surface area contributed by atoms with Crippen molar-refractivity contribution in [2.24, 2.45) is 11.8 Å². The summed E-state index contributed by atoms with van der Waals surface area (Å²) in [6.07, 6.45) is 1.84. The molecule has 2 amide bonds. The van der Waals surface area contributed by atoms with E-state index in [0.29, 0.717) is 45.0 Å². The van der Waals surface area contributed by atoms with Crippen molar-refractivity contribution in [3.05, 3.63) is 59.2 Å². The number of amides is 2. The lowest BCUT2D eigenvalue weighted by Gasteiger charge is -2.34. The van der Waals surface area contributed by atoms with Crippen molar-refractivity contribution in [3.63, 3.8) is 0 Å². The van der Waals surface area contributed by atoms with Gasteiger partial charge in [0.05, 0.1) is 39.5 Å². The second-order valence-corrected chi connectivity index (χ2v) is 11.1. The molecule has 2 aliphatic rings. The molecule has 222 valence electrons. The van der Waals surface area contributed by atoms with Crippen LogP contribution in [0, 0.1) is 11.8 Å². The standard InChI is InChI=1S/C32H43N3O6/c1-5-41-28-15-27(39-4)12-11-24(28)16-33-17-29(36)35-13-7-10-25(18-35)22-8-6-9-23(14-22)32(38)34-30(26-19-40-20-26)31(37)21(2)3/h6,8-9,11-12,14-15,21,25-26,30,33H,5,7,10,13,16-20H2,1-4H3,(H,34,38)/t25?,30-/m1/s1. The molecule has 2 saturated heterocycles. The first-order chi connectivity index (χ1) is 19.8. The Labute approximate surface area is 242 Å². The van der Waals surface area contributed by atoms with Gasteiger partial charge in [-0.15, -0.1) is 0 Å². The fourth-order valence-electron chi connectivity index (χ4n) is 5.37. The molecule has 2 N–H and O–H groups in total. The number of hydrogen-bond acceptors (Lipinski definition) is 7. The van der Waals surface area contributed by atoms with Crippen LogP contribution in [-0.4, -0.2) is 75.1 Å². The lowest BCUT2D eigenvalue weighted by atomic mass is 9.88. The van der Waals surface area contributed by atoms with E-state index >= 15 is 0 Å². The van der Waals surface area contributed by atoms with Crippen molar-refractivity contribution in [1.29, 1.82) is 0 Å². The second-order valence-electron chi connectivity index (χ2n) is 11.1. The first-order valence-electron chi connectivity index (χ1n) is 14.6. The molecule has 0 aliphatic carbocycles. The highest BCUT2D eigenvalue weighted by atomic mass is 16.5. The average Bonchev–Trinajstić information content (AvgIpc) is 2.96. The Morgan fingerprint density at radius 2 is 1.93 bits per heavy atom. The van der Waals surface area contributed by atoms with Crippen LogP contribution in [0.3, 0.4) is 0 Å². The SMILES string of the molecule is CCOc1cc(OC)ccc1CNCC(=O)N1CCCC(c2cccc(C(=O)N[C@@H](C(=O)C(C)C)C3COC3)c2)C1. The molecule has 2 aromatic carbocycles. The molecular weight excluding hydrogens is 522 g/mol. The Hall–Kier alpha value is -3.43. The van der Waals surface area contributed by atoms with Crippen molar-refractivity contribution in [3.8, 4) is 11.5 Å². The zero-order valence-corrected chi connectivity index (χ0v) is 24.6.